The van der Waals surface area contributed by atoms with Gasteiger partial charge in [-0.15, -0.1) is 0 Å². The van der Waals surface area contributed by atoms with Crippen LogP contribution >= 0.6 is 7.14 Å². The van der Waals surface area contributed by atoms with E-state index >= 15 is 0 Å². The van der Waals surface area contributed by atoms with Crippen LogP contribution in [0.2, 0.25) is 0 Å². The van der Waals surface area contributed by atoms with Gasteiger partial charge in [0.05, 0.1) is 0 Å². The molecule has 0 saturated heterocycles. The van der Waals surface area contributed by atoms with E-state index in [2.05, 4.69) is 26.0 Å². The molecule has 0 fully saturated rings. The molecule has 152 valence electrons. The fourth-order valence-electron chi connectivity index (χ4n) is 3.83. The van der Waals surface area contributed by atoms with Gasteiger partial charge in [-0.3, -0.25) is 4.79 Å². The summed E-state index contributed by atoms with van der Waals surface area (Å²) in [6.45, 7) is 4.33. The van der Waals surface area contributed by atoms with Gasteiger partial charge in [-0.05, 0) is 44.1 Å². The molecule has 0 aliphatic heterocycles. The molecule has 1 aliphatic rings. The number of carbonyl (C=O) groups is 1. The molecule has 0 bridgehead atoms. The van der Waals surface area contributed by atoms with Gasteiger partial charge in [-0.1, -0.05) is 85.3 Å². The van der Waals surface area contributed by atoms with Crippen LogP contribution in [0.1, 0.15) is 46.0 Å². The Hall–Kier alpha value is -2.18. The van der Waals surface area contributed by atoms with Crippen LogP contribution in [0.5, 0.6) is 0 Å². The molecule has 2 nitrogen and oxygen atoms in total. The first-order valence-electron chi connectivity index (χ1n) is 10.6. The number of hydrogen-bond donors (Lipinski definition) is 0. The molecule has 0 saturated carbocycles. The quantitative estimate of drug-likeness (QED) is 0.395. The monoisotopic (exact) mass is 406 g/mol. The minimum atomic E-state index is -2.71. The minimum Gasteiger partial charge on any atom is -0.313 e. The van der Waals surface area contributed by atoms with Crippen molar-refractivity contribution in [1.29, 1.82) is 0 Å². The van der Waals surface area contributed by atoms with Gasteiger partial charge in [-0.2, -0.15) is 0 Å². The fourth-order valence-corrected chi connectivity index (χ4v) is 6.40. The van der Waals surface area contributed by atoms with Crippen molar-refractivity contribution in [3.05, 3.63) is 84.0 Å². The highest BCUT2D eigenvalue weighted by Gasteiger charge is 2.26. The Morgan fingerprint density at radius 2 is 1.62 bits per heavy atom. The first kappa shape index (κ1) is 21.5. The van der Waals surface area contributed by atoms with Gasteiger partial charge in [0.15, 0.2) is 5.78 Å². The number of rotatable bonds is 8. The zero-order valence-electron chi connectivity index (χ0n) is 17.5. The van der Waals surface area contributed by atoms with Gasteiger partial charge in [0.25, 0.3) is 0 Å². The van der Waals surface area contributed by atoms with E-state index in [1.54, 1.807) is 0 Å². The van der Waals surface area contributed by atoms with Crippen molar-refractivity contribution >= 4 is 23.5 Å². The molecule has 0 spiro atoms. The topological polar surface area (TPSA) is 34.1 Å². The largest absolute Gasteiger partial charge is 0.313 e. The molecule has 0 heterocycles. The maximum atomic E-state index is 14.1. The van der Waals surface area contributed by atoms with Crippen LogP contribution in [0.3, 0.4) is 0 Å². The smallest absolute Gasteiger partial charge is 0.158 e. The van der Waals surface area contributed by atoms with Gasteiger partial charge < -0.3 is 4.57 Å². The molecule has 0 amide bonds. The number of carbonyl (C=O) groups excluding carboxylic acids is 1. The molecule has 0 radical (unpaired) electrons. The molecule has 2 aromatic rings. The van der Waals surface area contributed by atoms with Gasteiger partial charge in [0.2, 0.25) is 0 Å². The molecular weight excluding hydrogens is 375 g/mol. The molecule has 2 aromatic carbocycles. The first-order valence-corrected chi connectivity index (χ1v) is 12.5. The second-order valence-electron chi connectivity index (χ2n) is 8.03. The number of ketones is 1. The van der Waals surface area contributed by atoms with Gasteiger partial charge in [0.1, 0.15) is 7.14 Å². The van der Waals surface area contributed by atoms with Crippen LogP contribution in [0.4, 0.5) is 0 Å². The molecule has 1 unspecified atom stereocenters. The Balaban J connectivity index is 1.74. The third-order valence-electron chi connectivity index (χ3n) is 6.00. The maximum Gasteiger partial charge on any atom is 0.158 e. The van der Waals surface area contributed by atoms with Crippen molar-refractivity contribution in [3.8, 4) is 0 Å². The molecule has 3 rings (SSSR count). The molecule has 1 aliphatic carbocycles. The zero-order valence-corrected chi connectivity index (χ0v) is 18.4. The zero-order chi connectivity index (χ0) is 20.7. The van der Waals surface area contributed by atoms with E-state index in [9.17, 15) is 9.36 Å². The van der Waals surface area contributed by atoms with Gasteiger partial charge in [-0.25, -0.2) is 0 Å². The lowest BCUT2D eigenvalue weighted by atomic mass is 9.89. The van der Waals surface area contributed by atoms with Gasteiger partial charge in [0, 0.05) is 23.2 Å². The van der Waals surface area contributed by atoms with Crippen molar-refractivity contribution in [2.45, 2.75) is 46.0 Å². The van der Waals surface area contributed by atoms with E-state index in [0.29, 0.717) is 24.3 Å². The molecule has 1 atom stereocenters. The highest BCUT2D eigenvalue weighted by Crippen LogP contribution is 2.43. The fraction of sp³-hybridized carbons (Fsp3) is 0.346. The predicted molar refractivity (Wildman–Crippen MR) is 124 cm³/mol. The molecule has 0 N–H and O–H groups in total. The second-order valence-corrected chi connectivity index (χ2v) is 10.9. The average molecular weight is 407 g/mol. The van der Waals surface area contributed by atoms with Crippen molar-refractivity contribution in [3.63, 3.8) is 0 Å². The third kappa shape index (κ3) is 5.46. The van der Waals surface area contributed by atoms with Crippen LogP contribution in [-0.2, 0) is 9.36 Å². The Morgan fingerprint density at radius 1 is 1.03 bits per heavy atom. The van der Waals surface area contributed by atoms with Crippen LogP contribution < -0.4 is 10.6 Å². The van der Waals surface area contributed by atoms with Crippen LogP contribution in [0, 0.1) is 5.92 Å². The summed E-state index contributed by atoms with van der Waals surface area (Å²) in [6.07, 6.45) is 9.33. The van der Waals surface area contributed by atoms with E-state index in [1.165, 1.54) is 5.57 Å². The molecule has 3 heteroatoms. The van der Waals surface area contributed by atoms with E-state index < -0.39 is 7.14 Å². The first-order chi connectivity index (χ1) is 14.0. The summed E-state index contributed by atoms with van der Waals surface area (Å²) in [6, 6.07) is 19.6. The summed E-state index contributed by atoms with van der Waals surface area (Å²) in [5.74, 6) is 0.688. The van der Waals surface area contributed by atoms with E-state index in [4.69, 9.17) is 0 Å². The normalized spacial score (nSPS) is 16.4. The predicted octanol–water partition coefficient (Wildman–Crippen LogP) is 6.04. The van der Waals surface area contributed by atoms with E-state index in [-0.39, 0.29) is 0 Å². The van der Waals surface area contributed by atoms with Crippen LogP contribution in [0.15, 0.2) is 84.0 Å². The number of Topliss-reactive ketones (excluding diaryl/α,β-unsaturated/α-hetero) is 1. The summed E-state index contributed by atoms with van der Waals surface area (Å²) in [4.78, 5) is 12.0. The van der Waals surface area contributed by atoms with E-state index in [0.717, 1.165) is 41.9 Å². The Kier molecular flexibility index (Phi) is 7.45. The number of benzene rings is 2. The Labute approximate surface area is 175 Å². The second kappa shape index (κ2) is 10.0. The van der Waals surface area contributed by atoms with Gasteiger partial charge >= 0.3 is 0 Å². The van der Waals surface area contributed by atoms with E-state index in [1.807, 2.05) is 60.7 Å². The molecule has 29 heavy (non-hydrogen) atoms. The van der Waals surface area contributed by atoms with Crippen LogP contribution in [0.25, 0.3) is 0 Å². The Morgan fingerprint density at radius 3 is 2.17 bits per heavy atom. The minimum absolute atomic E-state index is 0.322. The maximum absolute atomic E-state index is 14.1. The lowest BCUT2D eigenvalue weighted by molar-refractivity contribution is -0.116. The SMILES string of the molecule is C/C(=C/CP(=O)(c1ccccc1)c1ccccc1)C(C)CCC1=CCCCC1=O. The summed E-state index contributed by atoms with van der Waals surface area (Å²) in [7, 11) is -2.71. The summed E-state index contributed by atoms with van der Waals surface area (Å²) >= 11 is 0. The third-order valence-corrected chi connectivity index (χ3v) is 8.96. The highest BCUT2D eigenvalue weighted by molar-refractivity contribution is 7.78. The van der Waals surface area contributed by atoms with Crippen molar-refractivity contribution in [2.24, 2.45) is 5.92 Å². The Bertz CT molecular complexity index is 882. The molecule has 0 aromatic heterocycles. The molecular formula is C26H31O2P. The highest BCUT2D eigenvalue weighted by atomic mass is 31.2. The summed E-state index contributed by atoms with van der Waals surface area (Å²) < 4.78 is 14.1. The lowest BCUT2D eigenvalue weighted by Crippen LogP contribution is -2.18. The standard InChI is InChI=1S/C26H31O2P/c1-21(17-18-23-11-9-10-16-26(23)27)22(2)19-20-29(28,24-12-5-3-6-13-24)25-14-7-4-8-15-25/h3-8,11-15,19,21H,9-10,16-18,20H2,1-2H3/b22-19-. The number of allylic oxidation sites excluding steroid dienone is 4. The van der Waals surface area contributed by atoms with Crippen LogP contribution in [-0.4, -0.2) is 11.9 Å². The average Bonchev–Trinajstić information content (AvgIpc) is 2.77. The number of hydrogen-bond acceptors (Lipinski definition) is 2. The lowest BCUT2D eigenvalue weighted by Gasteiger charge is -2.20. The summed E-state index contributed by atoms with van der Waals surface area (Å²) in [5.41, 5.74) is 2.26. The van der Waals surface area contributed by atoms with Crippen molar-refractivity contribution in [1.82, 2.24) is 0 Å². The van der Waals surface area contributed by atoms with Crippen molar-refractivity contribution < 1.29 is 9.36 Å². The van der Waals surface area contributed by atoms with Crippen molar-refractivity contribution in [2.75, 3.05) is 6.16 Å². The summed E-state index contributed by atoms with van der Waals surface area (Å²) in [5, 5.41) is 1.81.